The molecule has 0 heterocycles. The van der Waals surface area contributed by atoms with Crippen molar-refractivity contribution in [2.75, 3.05) is 7.11 Å². The van der Waals surface area contributed by atoms with E-state index in [1.54, 1.807) is 6.07 Å². The molecule has 0 aliphatic carbocycles. The highest BCUT2D eigenvalue weighted by atomic mass is 19.1. The Morgan fingerprint density at radius 1 is 1.35 bits per heavy atom. The molecule has 0 radical (unpaired) electrons. The first-order valence-corrected chi connectivity index (χ1v) is 5.48. The van der Waals surface area contributed by atoms with Gasteiger partial charge in [0.25, 0.3) is 0 Å². The lowest BCUT2D eigenvalue weighted by Gasteiger charge is -2.16. The lowest BCUT2D eigenvalue weighted by atomic mass is 9.93. The average molecular weight is 240 g/mol. The molecule has 1 aromatic carbocycles. The Kier molecular flexibility index (Phi) is 4.10. The van der Waals surface area contributed by atoms with Gasteiger partial charge in [-0.25, -0.2) is 4.39 Å². The van der Waals surface area contributed by atoms with Gasteiger partial charge >= 0.3 is 5.97 Å². The lowest BCUT2D eigenvalue weighted by molar-refractivity contribution is -0.138. The molecular formula is C13H17FO3. The van der Waals surface area contributed by atoms with E-state index in [2.05, 4.69) is 0 Å². The normalized spacial score (nSPS) is 12.6. The number of rotatable bonds is 4. The monoisotopic (exact) mass is 240 g/mol. The van der Waals surface area contributed by atoms with Crippen LogP contribution in [0.4, 0.5) is 4.39 Å². The molecule has 1 N–H and O–H groups in total. The third kappa shape index (κ3) is 2.75. The van der Waals surface area contributed by atoms with Gasteiger partial charge in [-0.05, 0) is 24.5 Å². The van der Waals surface area contributed by atoms with Gasteiger partial charge in [-0.3, -0.25) is 4.79 Å². The third-order valence-electron chi connectivity index (χ3n) is 2.80. The number of carboxylic acids is 1. The summed E-state index contributed by atoms with van der Waals surface area (Å²) in [4.78, 5) is 11.0. The number of benzene rings is 1. The highest BCUT2D eigenvalue weighted by Gasteiger charge is 2.22. The Labute approximate surface area is 100 Å². The Morgan fingerprint density at radius 2 is 1.94 bits per heavy atom. The van der Waals surface area contributed by atoms with E-state index in [1.807, 2.05) is 13.8 Å². The van der Waals surface area contributed by atoms with E-state index >= 15 is 0 Å². The lowest BCUT2D eigenvalue weighted by Crippen LogP contribution is -2.10. The van der Waals surface area contributed by atoms with Gasteiger partial charge in [-0.1, -0.05) is 19.9 Å². The molecule has 0 aromatic heterocycles. The molecule has 0 fully saturated rings. The third-order valence-corrected chi connectivity index (χ3v) is 2.80. The van der Waals surface area contributed by atoms with Gasteiger partial charge in [0, 0.05) is 5.56 Å². The first-order chi connectivity index (χ1) is 7.88. The van der Waals surface area contributed by atoms with Crippen molar-refractivity contribution in [2.24, 2.45) is 0 Å². The topological polar surface area (TPSA) is 46.5 Å². The molecule has 0 spiro atoms. The summed E-state index contributed by atoms with van der Waals surface area (Å²) in [6, 6.07) is 3.09. The van der Waals surface area contributed by atoms with Crippen molar-refractivity contribution < 1.29 is 19.0 Å². The molecule has 1 unspecified atom stereocenters. The molecule has 0 amide bonds. The summed E-state index contributed by atoms with van der Waals surface area (Å²) < 4.78 is 18.7. The van der Waals surface area contributed by atoms with Crippen LogP contribution in [-0.4, -0.2) is 18.2 Å². The van der Waals surface area contributed by atoms with E-state index in [0.29, 0.717) is 5.56 Å². The number of aliphatic carboxylic acids is 1. The minimum absolute atomic E-state index is 0.0179. The average Bonchev–Trinajstić information content (AvgIpc) is 2.26. The molecule has 1 aromatic rings. The van der Waals surface area contributed by atoms with E-state index in [-0.39, 0.29) is 11.7 Å². The Morgan fingerprint density at radius 3 is 2.35 bits per heavy atom. The quantitative estimate of drug-likeness (QED) is 0.879. The molecule has 0 saturated heterocycles. The number of hydrogen-bond acceptors (Lipinski definition) is 2. The van der Waals surface area contributed by atoms with E-state index in [0.717, 1.165) is 5.56 Å². The second-order valence-electron chi connectivity index (χ2n) is 4.34. The van der Waals surface area contributed by atoms with Crippen molar-refractivity contribution in [1.82, 2.24) is 0 Å². The molecule has 17 heavy (non-hydrogen) atoms. The number of carbonyl (C=O) groups is 1. The smallest absolute Gasteiger partial charge is 0.310 e. The van der Waals surface area contributed by atoms with Crippen LogP contribution in [-0.2, 0) is 4.79 Å². The van der Waals surface area contributed by atoms with Crippen LogP contribution in [0.25, 0.3) is 0 Å². The number of hydrogen-bond donors (Lipinski definition) is 1. The van der Waals surface area contributed by atoms with Crippen molar-refractivity contribution in [3.63, 3.8) is 0 Å². The summed E-state index contributed by atoms with van der Waals surface area (Å²) >= 11 is 0. The summed E-state index contributed by atoms with van der Waals surface area (Å²) in [6.45, 7) is 5.37. The Hall–Kier alpha value is -1.58. The first-order valence-electron chi connectivity index (χ1n) is 5.48. The van der Waals surface area contributed by atoms with Crippen LogP contribution >= 0.6 is 0 Å². The minimum Gasteiger partial charge on any atom is -0.493 e. The summed E-state index contributed by atoms with van der Waals surface area (Å²) in [5.41, 5.74) is 1.15. The molecule has 3 nitrogen and oxygen atoms in total. The molecule has 94 valence electrons. The van der Waals surface area contributed by atoms with Crippen LogP contribution in [0, 0.1) is 5.82 Å². The van der Waals surface area contributed by atoms with E-state index in [1.165, 1.54) is 20.1 Å². The first kappa shape index (κ1) is 13.5. The van der Waals surface area contributed by atoms with Crippen LogP contribution in [0.3, 0.4) is 0 Å². The predicted molar refractivity (Wildman–Crippen MR) is 63.1 cm³/mol. The van der Waals surface area contributed by atoms with Crippen molar-refractivity contribution >= 4 is 5.97 Å². The highest BCUT2D eigenvalue weighted by Crippen LogP contribution is 2.33. The summed E-state index contributed by atoms with van der Waals surface area (Å²) in [5, 5.41) is 9.00. The van der Waals surface area contributed by atoms with Crippen LogP contribution in [0.5, 0.6) is 5.75 Å². The maximum absolute atomic E-state index is 13.8. The zero-order valence-electron chi connectivity index (χ0n) is 10.5. The van der Waals surface area contributed by atoms with Crippen LogP contribution < -0.4 is 4.74 Å². The van der Waals surface area contributed by atoms with Crippen LogP contribution in [0.1, 0.15) is 43.7 Å². The fraction of sp³-hybridized carbons (Fsp3) is 0.462. The molecule has 0 aliphatic heterocycles. The molecular weight excluding hydrogens is 223 g/mol. The number of ether oxygens (including phenoxy) is 1. The zero-order valence-corrected chi connectivity index (χ0v) is 10.5. The van der Waals surface area contributed by atoms with Gasteiger partial charge in [0.05, 0.1) is 13.0 Å². The number of halogens is 1. The van der Waals surface area contributed by atoms with Crippen molar-refractivity contribution in [1.29, 1.82) is 0 Å². The maximum atomic E-state index is 13.8. The number of methoxy groups -OCH3 is 1. The highest BCUT2D eigenvalue weighted by molar-refractivity contribution is 5.76. The molecule has 1 atom stereocenters. The van der Waals surface area contributed by atoms with Crippen LogP contribution in [0.2, 0.25) is 0 Å². The van der Waals surface area contributed by atoms with Crippen molar-refractivity contribution in [2.45, 2.75) is 32.6 Å². The second kappa shape index (κ2) is 5.17. The molecule has 0 aliphatic rings. The van der Waals surface area contributed by atoms with Crippen LogP contribution in [0.15, 0.2) is 12.1 Å². The summed E-state index contributed by atoms with van der Waals surface area (Å²) in [7, 11) is 1.34. The fourth-order valence-electron chi connectivity index (χ4n) is 1.64. The Balaban J connectivity index is 3.38. The minimum atomic E-state index is -0.997. The predicted octanol–water partition coefficient (Wildman–Crippen LogP) is 3.15. The van der Waals surface area contributed by atoms with Crippen molar-refractivity contribution in [3.05, 3.63) is 29.1 Å². The molecule has 0 bridgehead atoms. The second-order valence-corrected chi connectivity index (χ2v) is 4.34. The summed E-state index contributed by atoms with van der Waals surface area (Å²) in [5.74, 6) is -2.15. The van der Waals surface area contributed by atoms with Gasteiger partial charge in [0.2, 0.25) is 0 Å². The van der Waals surface area contributed by atoms with Gasteiger partial charge < -0.3 is 9.84 Å². The van der Waals surface area contributed by atoms with E-state index in [9.17, 15) is 9.18 Å². The van der Waals surface area contributed by atoms with E-state index < -0.39 is 17.7 Å². The standard InChI is InChI=1S/C13H17FO3/c1-7(2)9-5-10(8(3)13(15)16)12(17-4)11(14)6-9/h5-8H,1-4H3,(H,15,16). The van der Waals surface area contributed by atoms with Gasteiger partial charge in [-0.15, -0.1) is 0 Å². The van der Waals surface area contributed by atoms with Crippen molar-refractivity contribution in [3.8, 4) is 5.75 Å². The maximum Gasteiger partial charge on any atom is 0.310 e. The van der Waals surface area contributed by atoms with E-state index in [4.69, 9.17) is 9.84 Å². The summed E-state index contributed by atoms with van der Waals surface area (Å²) in [6.07, 6.45) is 0. The molecule has 4 heteroatoms. The van der Waals surface area contributed by atoms with Gasteiger partial charge in [-0.2, -0.15) is 0 Å². The number of carboxylic acid groups (broad SMARTS) is 1. The molecule has 1 rings (SSSR count). The van der Waals surface area contributed by atoms with Gasteiger partial charge in [0.1, 0.15) is 0 Å². The zero-order chi connectivity index (χ0) is 13.2. The molecule has 0 saturated carbocycles. The Bertz CT molecular complexity index is 427. The largest absolute Gasteiger partial charge is 0.493 e. The SMILES string of the molecule is COc1c(F)cc(C(C)C)cc1C(C)C(=O)O. The fourth-order valence-corrected chi connectivity index (χ4v) is 1.64. The van der Waals surface area contributed by atoms with Gasteiger partial charge in [0.15, 0.2) is 11.6 Å².